The first-order valence-electron chi connectivity index (χ1n) is 8.78. The molecule has 7 heteroatoms. The molecule has 2 aromatic rings. The Bertz CT molecular complexity index is 773. The van der Waals surface area contributed by atoms with Crippen LogP contribution >= 0.6 is 0 Å². The van der Waals surface area contributed by atoms with Crippen molar-refractivity contribution in [3.05, 3.63) is 59.4 Å². The third-order valence-electron chi connectivity index (χ3n) is 4.72. The van der Waals surface area contributed by atoms with Gasteiger partial charge in [-0.15, -0.1) is 0 Å². The van der Waals surface area contributed by atoms with Crippen LogP contribution in [0.25, 0.3) is 0 Å². The van der Waals surface area contributed by atoms with Gasteiger partial charge in [0.2, 0.25) is 5.78 Å². The molecule has 3 rings (SSSR count). The lowest BCUT2D eigenvalue weighted by Gasteiger charge is -2.20. The molecule has 0 radical (unpaired) electrons. The molecule has 1 atom stereocenters. The van der Waals surface area contributed by atoms with Crippen LogP contribution in [-0.4, -0.2) is 56.8 Å². The molecule has 0 spiro atoms. The Morgan fingerprint density at radius 2 is 1.67 bits per heavy atom. The first kappa shape index (κ1) is 21.0. The van der Waals surface area contributed by atoms with Crippen LogP contribution in [0.5, 0.6) is 0 Å². The van der Waals surface area contributed by atoms with Gasteiger partial charge in [-0.2, -0.15) is 0 Å². The van der Waals surface area contributed by atoms with E-state index in [1.807, 2.05) is 47.0 Å². The SMILES string of the molecule is CC(=O)C1CCn2c(C(=O)c3ccccc3)ccc21.NC(CO)(CO)CO. The molecule has 5 N–H and O–H groups in total. The van der Waals surface area contributed by atoms with E-state index in [0.29, 0.717) is 11.3 Å². The van der Waals surface area contributed by atoms with Crippen molar-refractivity contribution in [1.82, 2.24) is 4.57 Å². The van der Waals surface area contributed by atoms with Gasteiger partial charge < -0.3 is 25.6 Å². The van der Waals surface area contributed by atoms with E-state index >= 15 is 0 Å². The molecular weight excluding hydrogens is 348 g/mol. The molecule has 1 aromatic carbocycles. The van der Waals surface area contributed by atoms with Crippen molar-refractivity contribution in [2.75, 3.05) is 19.8 Å². The summed E-state index contributed by atoms with van der Waals surface area (Å²) < 4.78 is 1.99. The molecule has 1 aromatic heterocycles. The lowest BCUT2D eigenvalue weighted by atomic mass is 10.0. The topological polar surface area (TPSA) is 126 Å². The summed E-state index contributed by atoms with van der Waals surface area (Å²) in [4.78, 5) is 24.0. The van der Waals surface area contributed by atoms with Gasteiger partial charge in [-0.05, 0) is 25.5 Å². The predicted octanol–water partition coefficient (Wildman–Crippen LogP) is 0.456. The molecule has 1 aliphatic heterocycles. The molecule has 0 saturated heterocycles. The van der Waals surface area contributed by atoms with E-state index in [4.69, 9.17) is 21.1 Å². The predicted molar refractivity (Wildman–Crippen MR) is 101 cm³/mol. The standard InChI is InChI=1S/C16H15NO2.C4H11NO3/c1-11(18)13-9-10-17-14(13)7-8-15(17)16(19)12-5-3-2-4-6-12;5-4(1-6,2-7)3-8/h2-8,13H,9-10H2,1H3;6-8H,1-3,5H2. The summed E-state index contributed by atoms with van der Waals surface area (Å²) in [6.07, 6.45) is 0.806. The van der Waals surface area contributed by atoms with Crippen LogP contribution < -0.4 is 5.73 Å². The van der Waals surface area contributed by atoms with Crippen molar-refractivity contribution in [2.45, 2.75) is 31.3 Å². The maximum absolute atomic E-state index is 12.4. The number of carbonyl (C=O) groups excluding carboxylic acids is 2. The third kappa shape index (κ3) is 4.70. The average Bonchev–Trinajstić information content (AvgIpc) is 3.30. The van der Waals surface area contributed by atoms with Crippen LogP contribution in [0.2, 0.25) is 0 Å². The lowest BCUT2D eigenvalue weighted by molar-refractivity contribution is -0.118. The number of aliphatic hydroxyl groups excluding tert-OH is 3. The fourth-order valence-electron chi connectivity index (χ4n) is 2.94. The smallest absolute Gasteiger partial charge is 0.209 e. The Morgan fingerprint density at radius 1 is 1.07 bits per heavy atom. The normalized spacial score (nSPS) is 15.7. The first-order valence-corrected chi connectivity index (χ1v) is 8.78. The molecule has 146 valence electrons. The second-order valence-electron chi connectivity index (χ2n) is 6.78. The van der Waals surface area contributed by atoms with Crippen LogP contribution in [0.1, 0.15) is 41.0 Å². The van der Waals surface area contributed by atoms with Gasteiger partial charge in [-0.1, -0.05) is 30.3 Å². The largest absolute Gasteiger partial charge is 0.394 e. The van der Waals surface area contributed by atoms with Crippen LogP contribution in [0.3, 0.4) is 0 Å². The Balaban J connectivity index is 0.000000279. The molecule has 7 nitrogen and oxygen atoms in total. The van der Waals surface area contributed by atoms with Gasteiger partial charge in [0.25, 0.3) is 0 Å². The number of aromatic nitrogens is 1. The van der Waals surface area contributed by atoms with Crippen LogP contribution in [0, 0.1) is 0 Å². The molecule has 0 bridgehead atoms. The molecule has 0 aliphatic carbocycles. The van der Waals surface area contributed by atoms with Crippen LogP contribution in [-0.2, 0) is 11.3 Å². The maximum atomic E-state index is 12.4. The molecule has 0 saturated carbocycles. The van der Waals surface area contributed by atoms with E-state index in [2.05, 4.69) is 0 Å². The molecule has 1 unspecified atom stereocenters. The molecule has 2 heterocycles. The van der Waals surface area contributed by atoms with E-state index in [1.54, 1.807) is 6.92 Å². The average molecular weight is 374 g/mol. The fraction of sp³-hybridized carbons (Fsp3) is 0.400. The molecular formula is C20H26N2O5. The Kier molecular flexibility index (Phi) is 7.04. The van der Waals surface area contributed by atoms with E-state index < -0.39 is 25.4 Å². The monoisotopic (exact) mass is 374 g/mol. The Morgan fingerprint density at radius 3 is 2.15 bits per heavy atom. The number of nitrogens with two attached hydrogens (primary N) is 1. The van der Waals surface area contributed by atoms with E-state index in [9.17, 15) is 9.59 Å². The summed E-state index contributed by atoms with van der Waals surface area (Å²) in [5.74, 6) is 0.156. The highest BCUT2D eigenvalue weighted by atomic mass is 16.3. The minimum Gasteiger partial charge on any atom is -0.394 e. The zero-order chi connectivity index (χ0) is 20.0. The minimum atomic E-state index is -1.21. The number of fused-ring (bicyclic) bond motifs is 1. The summed E-state index contributed by atoms with van der Waals surface area (Å²) in [7, 11) is 0. The van der Waals surface area contributed by atoms with Gasteiger partial charge >= 0.3 is 0 Å². The molecule has 0 fully saturated rings. The first-order chi connectivity index (χ1) is 12.9. The van der Waals surface area contributed by atoms with Crippen molar-refractivity contribution in [3.63, 3.8) is 0 Å². The van der Waals surface area contributed by atoms with Gasteiger partial charge in [-0.25, -0.2) is 0 Å². The summed E-state index contributed by atoms with van der Waals surface area (Å²) >= 11 is 0. The van der Waals surface area contributed by atoms with Crippen molar-refractivity contribution in [3.8, 4) is 0 Å². The van der Waals surface area contributed by atoms with Gasteiger partial charge in [0.1, 0.15) is 5.78 Å². The highest BCUT2D eigenvalue weighted by molar-refractivity contribution is 6.08. The number of nitrogens with zero attached hydrogens (tertiary/aromatic N) is 1. The minimum absolute atomic E-state index is 0.0241. The number of ketones is 2. The van der Waals surface area contributed by atoms with E-state index in [0.717, 1.165) is 18.7 Å². The van der Waals surface area contributed by atoms with Gasteiger partial charge in [-0.3, -0.25) is 9.59 Å². The van der Waals surface area contributed by atoms with Gasteiger partial charge in [0.15, 0.2) is 0 Å². The number of benzene rings is 1. The van der Waals surface area contributed by atoms with Crippen molar-refractivity contribution in [1.29, 1.82) is 0 Å². The number of carbonyl (C=O) groups is 2. The number of hydrogen-bond acceptors (Lipinski definition) is 6. The highest BCUT2D eigenvalue weighted by Gasteiger charge is 2.29. The Labute approximate surface area is 158 Å². The number of Topliss-reactive ketones (excluding diaryl/α,β-unsaturated/α-hetero) is 1. The third-order valence-corrected chi connectivity index (χ3v) is 4.72. The number of aliphatic hydroxyl groups is 3. The van der Waals surface area contributed by atoms with Crippen LogP contribution in [0.4, 0.5) is 0 Å². The number of hydrogen-bond donors (Lipinski definition) is 4. The molecule has 27 heavy (non-hydrogen) atoms. The van der Waals surface area contributed by atoms with E-state index in [1.165, 1.54) is 0 Å². The summed E-state index contributed by atoms with van der Waals surface area (Å²) in [5.41, 5.74) is 6.29. The molecule has 0 amide bonds. The highest BCUT2D eigenvalue weighted by Crippen LogP contribution is 2.31. The second kappa shape index (κ2) is 9.05. The van der Waals surface area contributed by atoms with Gasteiger partial charge in [0, 0.05) is 17.8 Å². The fourth-order valence-corrected chi connectivity index (χ4v) is 2.94. The Hall–Kier alpha value is -2.32. The quantitative estimate of drug-likeness (QED) is 0.544. The number of rotatable bonds is 6. The van der Waals surface area contributed by atoms with Crippen molar-refractivity contribution < 1.29 is 24.9 Å². The zero-order valence-electron chi connectivity index (χ0n) is 15.3. The maximum Gasteiger partial charge on any atom is 0.209 e. The lowest BCUT2D eigenvalue weighted by Crippen LogP contribution is -2.50. The summed E-state index contributed by atoms with van der Waals surface area (Å²) in [5, 5.41) is 25.0. The van der Waals surface area contributed by atoms with E-state index in [-0.39, 0.29) is 17.5 Å². The van der Waals surface area contributed by atoms with Crippen molar-refractivity contribution >= 4 is 11.6 Å². The second-order valence-corrected chi connectivity index (χ2v) is 6.78. The van der Waals surface area contributed by atoms with Crippen molar-refractivity contribution in [2.24, 2.45) is 5.73 Å². The summed E-state index contributed by atoms with van der Waals surface area (Å²) in [6, 6.07) is 13.0. The van der Waals surface area contributed by atoms with Gasteiger partial charge in [0.05, 0.1) is 37.0 Å². The molecule has 1 aliphatic rings. The van der Waals surface area contributed by atoms with Crippen LogP contribution in [0.15, 0.2) is 42.5 Å². The zero-order valence-corrected chi connectivity index (χ0v) is 15.3. The summed E-state index contributed by atoms with van der Waals surface area (Å²) in [6.45, 7) is 1.16.